The van der Waals surface area contributed by atoms with Crippen molar-refractivity contribution < 1.29 is 0 Å². The summed E-state index contributed by atoms with van der Waals surface area (Å²) >= 11 is 18.2. The lowest BCUT2D eigenvalue weighted by molar-refractivity contribution is 0.552. The van der Waals surface area contributed by atoms with Crippen molar-refractivity contribution >= 4 is 34.8 Å². The van der Waals surface area contributed by atoms with Crippen molar-refractivity contribution in [2.24, 2.45) is 5.84 Å². The number of benzene rings is 2. The van der Waals surface area contributed by atoms with Gasteiger partial charge in [-0.05, 0) is 47.9 Å². The highest BCUT2D eigenvalue weighted by molar-refractivity contribution is 6.33. The molecule has 0 radical (unpaired) electrons. The fourth-order valence-corrected chi connectivity index (χ4v) is 2.58. The van der Waals surface area contributed by atoms with E-state index in [1.807, 2.05) is 30.3 Å². The van der Waals surface area contributed by atoms with Gasteiger partial charge in [-0.25, -0.2) is 0 Å². The van der Waals surface area contributed by atoms with Crippen molar-refractivity contribution in [3.8, 4) is 0 Å². The summed E-state index contributed by atoms with van der Waals surface area (Å²) in [5.41, 5.74) is 4.72. The van der Waals surface area contributed by atoms with Crippen molar-refractivity contribution in [1.29, 1.82) is 0 Å². The van der Waals surface area contributed by atoms with Crippen molar-refractivity contribution in [1.82, 2.24) is 5.43 Å². The average molecular weight is 316 g/mol. The van der Waals surface area contributed by atoms with E-state index in [4.69, 9.17) is 40.6 Å². The van der Waals surface area contributed by atoms with E-state index < -0.39 is 0 Å². The van der Waals surface area contributed by atoms with Crippen LogP contribution in [0.15, 0.2) is 42.5 Å². The summed E-state index contributed by atoms with van der Waals surface area (Å²) in [4.78, 5) is 0. The maximum absolute atomic E-state index is 6.19. The van der Waals surface area contributed by atoms with Gasteiger partial charge in [-0.1, -0.05) is 46.9 Å². The number of hydrogen-bond acceptors (Lipinski definition) is 2. The van der Waals surface area contributed by atoms with Crippen LogP contribution < -0.4 is 11.3 Å². The highest BCUT2D eigenvalue weighted by Crippen LogP contribution is 2.28. The van der Waals surface area contributed by atoms with Crippen LogP contribution in [-0.2, 0) is 6.42 Å². The molecule has 2 aromatic carbocycles. The molecule has 100 valence electrons. The fourth-order valence-electron chi connectivity index (χ4n) is 1.94. The Kier molecular flexibility index (Phi) is 5.08. The van der Waals surface area contributed by atoms with Crippen molar-refractivity contribution in [2.45, 2.75) is 12.5 Å². The predicted octanol–water partition coefficient (Wildman–Crippen LogP) is 4.39. The Labute approximate surface area is 127 Å². The molecule has 5 heteroatoms. The van der Waals surface area contributed by atoms with Crippen LogP contribution >= 0.6 is 34.8 Å². The highest BCUT2D eigenvalue weighted by atomic mass is 35.5. The highest BCUT2D eigenvalue weighted by Gasteiger charge is 2.14. The van der Waals surface area contributed by atoms with E-state index in [1.54, 1.807) is 12.1 Å². The predicted molar refractivity (Wildman–Crippen MR) is 81.7 cm³/mol. The molecule has 19 heavy (non-hydrogen) atoms. The molecular formula is C14H13Cl3N2. The summed E-state index contributed by atoms with van der Waals surface area (Å²) < 4.78 is 0. The number of nitrogens with two attached hydrogens (primary N) is 1. The fraction of sp³-hybridized carbons (Fsp3) is 0.143. The van der Waals surface area contributed by atoms with Crippen molar-refractivity contribution in [3.63, 3.8) is 0 Å². The summed E-state index contributed by atoms with van der Waals surface area (Å²) in [6.45, 7) is 0. The third-order valence-electron chi connectivity index (χ3n) is 2.86. The lowest BCUT2D eigenvalue weighted by Gasteiger charge is -2.18. The second-order valence-electron chi connectivity index (χ2n) is 4.22. The van der Waals surface area contributed by atoms with E-state index in [0.29, 0.717) is 21.5 Å². The summed E-state index contributed by atoms with van der Waals surface area (Å²) in [6.07, 6.45) is 0.678. The second kappa shape index (κ2) is 6.60. The molecule has 0 aromatic heterocycles. The Bertz CT molecular complexity index is 572. The molecule has 1 atom stereocenters. The molecule has 2 nitrogen and oxygen atoms in total. The first-order valence-corrected chi connectivity index (χ1v) is 6.89. The third kappa shape index (κ3) is 3.85. The lowest BCUT2D eigenvalue weighted by atomic mass is 9.99. The molecule has 0 heterocycles. The molecule has 2 rings (SSSR count). The summed E-state index contributed by atoms with van der Waals surface area (Å²) in [5.74, 6) is 5.62. The van der Waals surface area contributed by atoms with Gasteiger partial charge in [0, 0.05) is 15.1 Å². The molecule has 0 aliphatic carbocycles. The van der Waals surface area contributed by atoms with Crippen LogP contribution in [0.2, 0.25) is 15.1 Å². The zero-order valence-corrected chi connectivity index (χ0v) is 12.3. The minimum Gasteiger partial charge on any atom is -0.271 e. The summed E-state index contributed by atoms with van der Waals surface area (Å²) in [6, 6.07) is 12.9. The first-order valence-electron chi connectivity index (χ1n) is 5.75. The van der Waals surface area contributed by atoms with Gasteiger partial charge in [-0.3, -0.25) is 11.3 Å². The topological polar surface area (TPSA) is 38.0 Å². The number of halogens is 3. The van der Waals surface area contributed by atoms with Gasteiger partial charge >= 0.3 is 0 Å². The van der Waals surface area contributed by atoms with Gasteiger partial charge in [0.15, 0.2) is 0 Å². The van der Waals surface area contributed by atoms with E-state index in [0.717, 1.165) is 11.1 Å². The first-order chi connectivity index (χ1) is 9.10. The van der Waals surface area contributed by atoms with Crippen LogP contribution in [0.4, 0.5) is 0 Å². The monoisotopic (exact) mass is 314 g/mol. The molecule has 0 amide bonds. The maximum Gasteiger partial charge on any atom is 0.0515 e. The standard InChI is InChI=1S/C14H13Cl3N2/c15-10-3-1-2-9(6-10)7-14(19-18)12-8-11(16)4-5-13(12)17/h1-6,8,14,19H,7,18H2. The van der Waals surface area contributed by atoms with E-state index in [2.05, 4.69) is 5.43 Å². The van der Waals surface area contributed by atoms with Gasteiger partial charge in [0.25, 0.3) is 0 Å². The van der Waals surface area contributed by atoms with Gasteiger partial charge in [0.1, 0.15) is 0 Å². The molecule has 2 aromatic rings. The van der Waals surface area contributed by atoms with Crippen LogP contribution in [0.5, 0.6) is 0 Å². The van der Waals surface area contributed by atoms with Crippen LogP contribution in [-0.4, -0.2) is 0 Å². The Balaban J connectivity index is 2.27. The number of hydrazine groups is 1. The molecule has 0 aliphatic heterocycles. The second-order valence-corrected chi connectivity index (χ2v) is 5.50. The largest absolute Gasteiger partial charge is 0.271 e. The van der Waals surface area contributed by atoms with Crippen LogP contribution in [0, 0.1) is 0 Å². The van der Waals surface area contributed by atoms with Gasteiger partial charge in [0.2, 0.25) is 0 Å². The lowest BCUT2D eigenvalue weighted by Crippen LogP contribution is -2.29. The quantitative estimate of drug-likeness (QED) is 0.648. The molecule has 1 unspecified atom stereocenters. The van der Waals surface area contributed by atoms with Crippen LogP contribution in [0.25, 0.3) is 0 Å². The number of rotatable bonds is 4. The Morgan fingerprint density at radius 1 is 1.00 bits per heavy atom. The van der Waals surface area contributed by atoms with Crippen molar-refractivity contribution in [3.05, 3.63) is 68.7 Å². The Hall–Kier alpha value is -0.770. The molecule has 0 fully saturated rings. The molecule has 0 aliphatic rings. The minimum atomic E-state index is -0.121. The third-order valence-corrected chi connectivity index (χ3v) is 3.68. The van der Waals surface area contributed by atoms with Crippen molar-refractivity contribution in [2.75, 3.05) is 0 Å². The molecule has 0 spiro atoms. The van der Waals surface area contributed by atoms with Crippen LogP contribution in [0.1, 0.15) is 17.2 Å². The Morgan fingerprint density at radius 3 is 2.42 bits per heavy atom. The van der Waals surface area contributed by atoms with E-state index in [1.165, 1.54) is 0 Å². The summed E-state index contributed by atoms with van der Waals surface area (Å²) in [5, 5.41) is 1.96. The zero-order chi connectivity index (χ0) is 13.8. The average Bonchev–Trinajstić information content (AvgIpc) is 2.39. The summed E-state index contributed by atoms with van der Waals surface area (Å²) in [7, 11) is 0. The molecule has 0 bridgehead atoms. The SMILES string of the molecule is NNC(Cc1cccc(Cl)c1)c1cc(Cl)ccc1Cl. The van der Waals surface area contributed by atoms with E-state index in [-0.39, 0.29) is 6.04 Å². The first kappa shape index (κ1) is 14.6. The van der Waals surface area contributed by atoms with Crippen LogP contribution in [0.3, 0.4) is 0 Å². The normalized spacial score (nSPS) is 12.4. The molecule has 0 saturated heterocycles. The molecule has 3 N–H and O–H groups in total. The number of hydrogen-bond donors (Lipinski definition) is 2. The maximum atomic E-state index is 6.19. The van der Waals surface area contributed by atoms with Gasteiger partial charge < -0.3 is 0 Å². The van der Waals surface area contributed by atoms with Gasteiger partial charge in [-0.15, -0.1) is 0 Å². The van der Waals surface area contributed by atoms with Gasteiger partial charge in [0.05, 0.1) is 6.04 Å². The molecule has 0 saturated carbocycles. The smallest absolute Gasteiger partial charge is 0.0515 e. The zero-order valence-electron chi connectivity index (χ0n) is 10.0. The minimum absolute atomic E-state index is 0.121. The number of nitrogens with one attached hydrogen (secondary N) is 1. The Morgan fingerprint density at radius 2 is 1.74 bits per heavy atom. The molecular weight excluding hydrogens is 303 g/mol. The van der Waals surface area contributed by atoms with Gasteiger partial charge in [-0.2, -0.15) is 0 Å². The van der Waals surface area contributed by atoms with E-state index in [9.17, 15) is 0 Å². The van der Waals surface area contributed by atoms with E-state index >= 15 is 0 Å².